The topological polar surface area (TPSA) is 73.9 Å². The Bertz CT molecular complexity index is 764. The normalized spacial score (nSPS) is 14.3. The fourth-order valence-electron chi connectivity index (χ4n) is 2.63. The standard InChI is InChI=1S/C18H23F3N4O/c1-11(2)9-17(22,18(19,20)21)10-26-16-6-5-14(24-12(16)3)15-7-8-23-13(4)25-15/h5-8,11H,9-10,22H2,1-4H3. The SMILES string of the molecule is Cc1nccc(-c2ccc(OCC(N)(CC(C)C)C(F)(F)F)c(C)n2)n1. The molecule has 0 amide bonds. The Balaban J connectivity index is 2.19. The van der Waals surface area contributed by atoms with Crippen LogP contribution in [0.2, 0.25) is 0 Å². The van der Waals surface area contributed by atoms with Crippen molar-refractivity contribution >= 4 is 0 Å². The summed E-state index contributed by atoms with van der Waals surface area (Å²) in [6, 6.07) is 4.95. The van der Waals surface area contributed by atoms with Crippen molar-refractivity contribution in [3.8, 4) is 17.1 Å². The minimum atomic E-state index is -4.56. The Labute approximate surface area is 150 Å². The molecule has 2 N–H and O–H groups in total. The van der Waals surface area contributed by atoms with Crippen molar-refractivity contribution in [2.45, 2.75) is 45.8 Å². The Kier molecular flexibility index (Phi) is 5.85. The number of hydrogen-bond acceptors (Lipinski definition) is 5. The molecule has 2 heterocycles. The van der Waals surface area contributed by atoms with Crippen LogP contribution in [0, 0.1) is 19.8 Å². The van der Waals surface area contributed by atoms with Gasteiger partial charge in [0.25, 0.3) is 0 Å². The van der Waals surface area contributed by atoms with Crippen LogP contribution in [0.4, 0.5) is 13.2 Å². The highest BCUT2D eigenvalue weighted by Crippen LogP contribution is 2.34. The molecule has 8 heteroatoms. The summed E-state index contributed by atoms with van der Waals surface area (Å²) in [7, 11) is 0. The molecule has 1 atom stereocenters. The van der Waals surface area contributed by atoms with Gasteiger partial charge < -0.3 is 10.5 Å². The molecule has 0 saturated heterocycles. The Morgan fingerprint density at radius 3 is 2.27 bits per heavy atom. The second-order valence-electron chi connectivity index (χ2n) is 6.81. The third kappa shape index (κ3) is 4.69. The van der Waals surface area contributed by atoms with Gasteiger partial charge in [0.15, 0.2) is 0 Å². The smallest absolute Gasteiger partial charge is 0.409 e. The predicted molar refractivity (Wildman–Crippen MR) is 92.7 cm³/mol. The average molecular weight is 368 g/mol. The summed E-state index contributed by atoms with van der Waals surface area (Å²) >= 11 is 0. The van der Waals surface area contributed by atoms with Gasteiger partial charge in [-0.25, -0.2) is 15.0 Å². The average Bonchev–Trinajstić information content (AvgIpc) is 2.52. The molecule has 26 heavy (non-hydrogen) atoms. The summed E-state index contributed by atoms with van der Waals surface area (Å²) in [5.41, 5.74) is 4.91. The Morgan fingerprint density at radius 1 is 1.08 bits per heavy atom. The number of nitrogens with zero attached hydrogens (tertiary/aromatic N) is 3. The number of aryl methyl sites for hydroxylation is 2. The van der Waals surface area contributed by atoms with Crippen molar-refractivity contribution in [3.05, 3.63) is 35.9 Å². The molecule has 2 rings (SSSR count). The third-order valence-corrected chi connectivity index (χ3v) is 3.90. The summed E-state index contributed by atoms with van der Waals surface area (Å²) in [5, 5.41) is 0. The number of pyridine rings is 1. The number of alkyl halides is 3. The third-order valence-electron chi connectivity index (χ3n) is 3.90. The zero-order valence-electron chi connectivity index (χ0n) is 15.3. The van der Waals surface area contributed by atoms with Crippen molar-refractivity contribution in [3.63, 3.8) is 0 Å². The number of ether oxygens (including phenoxy) is 1. The predicted octanol–water partition coefficient (Wildman–Crippen LogP) is 3.84. The first kappa shape index (κ1) is 20.1. The van der Waals surface area contributed by atoms with Gasteiger partial charge in [-0.2, -0.15) is 13.2 Å². The molecule has 5 nitrogen and oxygen atoms in total. The van der Waals surface area contributed by atoms with E-state index < -0.39 is 18.3 Å². The molecule has 0 radical (unpaired) electrons. The maximum absolute atomic E-state index is 13.4. The van der Waals surface area contributed by atoms with Crippen LogP contribution in [0.5, 0.6) is 5.75 Å². The van der Waals surface area contributed by atoms with Crippen molar-refractivity contribution in [2.24, 2.45) is 11.7 Å². The molecule has 0 spiro atoms. The van der Waals surface area contributed by atoms with Crippen molar-refractivity contribution in [1.82, 2.24) is 15.0 Å². The molecule has 142 valence electrons. The lowest BCUT2D eigenvalue weighted by Gasteiger charge is -2.33. The van der Waals surface area contributed by atoms with E-state index >= 15 is 0 Å². The van der Waals surface area contributed by atoms with E-state index in [1.165, 1.54) is 0 Å². The summed E-state index contributed by atoms with van der Waals surface area (Å²) in [6.07, 6.45) is -3.16. The minimum Gasteiger partial charge on any atom is -0.489 e. The minimum absolute atomic E-state index is 0.215. The molecule has 0 saturated carbocycles. The van der Waals surface area contributed by atoms with E-state index in [0.717, 1.165) is 0 Å². The van der Waals surface area contributed by atoms with Crippen LogP contribution in [0.1, 0.15) is 31.8 Å². The highest BCUT2D eigenvalue weighted by Gasteiger charge is 2.52. The van der Waals surface area contributed by atoms with Crippen LogP contribution in [0.3, 0.4) is 0 Å². The molecule has 0 aromatic carbocycles. The molecule has 0 aliphatic heterocycles. The van der Waals surface area contributed by atoms with Crippen LogP contribution < -0.4 is 10.5 Å². The molecule has 2 aromatic rings. The quantitative estimate of drug-likeness (QED) is 0.839. The van der Waals surface area contributed by atoms with Crippen molar-refractivity contribution < 1.29 is 17.9 Å². The molecule has 1 unspecified atom stereocenters. The van der Waals surface area contributed by atoms with Crippen LogP contribution >= 0.6 is 0 Å². The van der Waals surface area contributed by atoms with Crippen LogP contribution in [-0.2, 0) is 0 Å². The lowest BCUT2D eigenvalue weighted by Crippen LogP contribution is -2.58. The van der Waals surface area contributed by atoms with Gasteiger partial charge >= 0.3 is 6.18 Å². The zero-order chi connectivity index (χ0) is 19.5. The maximum Gasteiger partial charge on any atom is 0.409 e. The fraction of sp³-hybridized carbons (Fsp3) is 0.500. The van der Waals surface area contributed by atoms with E-state index in [2.05, 4.69) is 15.0 Å². The van der Waals surface area contributed by atoms with Gasteiger partial charge in [0.1, 0.15) is 23.7 Å². The summed E-state index contributed by atoms with van der Waals surface area (Å²) in [5.74, 6) is 0.657. The van der Waals surface area contributed by atoms with Gasteiger partial charge in [0.05, 0.1) is 17.1 Å². The highest BCUT2D eigenvalue weighted by molar-refractivity contribution is 5.55. The van der Waals surface area contributed by atoms with E-state index in [4.69, 9.17) is 10.5 Å². The van der Waals surface area contributed by atoms with Crippen LogP contribution in [0.15, 0.2) is 24.4 Å². The van der Waals surface area contributed by atoms with Gasteiger partial charge in [-0.05, 0) is 44.4 Å². The van der Waals surface area contributed by atoms with E-state index in [9.17, 15) is 13.2 Å². The van der Waals surface area contributed by atoms with E-state index in [0.29, 0.717) is 22.9 Å². The zero-order valence-corrected chi connectivity index (χ0v) is 15.3. The summed E-state index contributed by atoms with van der Waals surface area (Å²) in [4.78, 5) is 12.7. The lowest BCUT2D eigenvalue weighted by atomic mass is 9.90. The first-order valence-electron chi connectivity index (χ1n) is 8.28. The van der Waals surface area contributed by atoms with E-state index in [1.54, 1.807) is 52.1 Å². The number of halogens is 3. The van der Waals surface area contributed by atoms with Gasteiger partial charge in [-0.3, -0.25) is 0 Å². The first-order valence-corrected chi connectivity index (χ1v) is 8.28. The lowest BCUT2D eigenvalue weighted by molar-refractivity contribution is -0.197. The molecule has 0 bridgehead atoms. The van der Waals surface area contributed by atoms with Crippen LogP contribution in [-0.4, -0.2) is 33.3 Å². The molecular weight excluding hydrogens is 345 g/mol. The van der Waals surface area contributed by atoms with Crippen LogP contribution in [0.25, 0.3) is 11.4 Å². The first-order chi connectivity index (χ1) is 12.0. The second kappa shape index (κ2) is 7.57. The number of nitrogens with two attached hydrogens (primary N) is 1. The molecule has 0 aliphatic carbocycles. The van der Waals surface area contributed by atoms with Gasteiger partial charge in [-0.1, -0.05) is 13.8 Å². The van der Waals surface area contributed by atoms with E-state index in [-0.39, 0.29) is 18.1 Å². The molecule has 0 fully saturated rings. The summed E-state index contributed by atoms with van der Waals surface area (Å²) in [6.45, 7) is 6.15. The van der Waals surface area contributed by atoms with Gasteiger partial charge in [0, 0.05) is 6.20 Å². The maximum atomic E-state index is 13.4. The number of rotatable bonds is 6. The van der Waals surface area contributed by atoms with Crippen molar-refractivity contribution in [2.75, 3.05) is 6.61 Å². The molecular formula is C18H23F3N4O. The molecule has 0 aliphatic rings. The Morgan fingerprint density at radius 2 is 1.73 bits per heavy atom. The summed E-state index contributed by atoms with van der Waals surface area (Å²) < 4.78 is 45.5. The monoisotopic (exact) mass is 368 g/mol. The fourth-order valence-corrected chi connectivity index (χ4v) is 2.63. The highest BCUT2D eigenvalue weighted by atomic mass is 19.4. The molecule has 2 aromatic heterocycles. The Hall–Kier alpha value is -2.22. The van der Waals surface area contributed by atoms with Gasteiger partial charge in [-0.15, -0.1) is 0 Å². The largest absolute Gasteiger partial charge is 0.489 e. The second-order valence-corrected chi connectivity index (χ2v) is 6.81. The van der Waals surface area contributed by atoms with E-state index in [1.807, 2.05) is 0 Å². The van der Waals surface area contributed by atoms with Gasteiger partial charge in [0.2, 0.25) is 0 Å². The number of hydrogen-bond donors (Lipinski definition) is 1. The van der Waals surface area contributed by atoms with Crippen molar-refractivity contribution in [1.29, 1.82) is 0 Å². The number of aromatic nitrogens is 3.